The van der Waals surface area contributed by atoms with Crippen LogP contribution in [0.1, 0.15) is 67.8 Å². The molecular formula is C22H23F5N4O3. The predicted octanol–water partition coefficient (Wildman–Crippen LogP) is 4.65. The summed E-state index contributed by atoms with van der Waals surface area (Å²) in [6.45, 7) is 1.88. The maximum Gasteiger partial charge on any atom is 0.402 e. The molecule has 0 radical (unpaired) electrons. The lowest BCUT2D eigenvalue weighted by atomic mass is 9.86. The lowest BCUT2D eigenvalue weighted by Gasteiger charge is -2.39. The molecule has 2 amide bonds. The monoisotopic (exact) mass is 486 g/mol. The summed E-state index contributed by atoms with van der Waals surface area (Å²) >= 11 is 0. The minimum Gasteiger partial charge on any atom is -0.415 e. The highest BCUT2D eigenvalue weighted by Crippen LogP contribution is 2.39. The van der Waals surface area contributed by atoms with Gasteiger partial charge in [-0.1, -0.05) is 18.9 Å². The van der Waals surface area contributed by atoms with Crippen molar-refractivity contribution >= 4 is 11.8 Å². The molecule has 0 bridgehead atoms. The van der Waals surface area contributed by atoms with Gasteiger partial charge in [-0.05, 0) is 44.4 Å². The number of rotatable bonds is 5. The highest BCUT2D eigenvalue weighted by atomic mass is 19.4. The van der Waals surface area contributed by atoms with Crippen molar-refractivity contribution in [2.45, 2.75) is 70.8 Å². The first kappa shape index (κ1) is 24.1. The molecule has 1 aliphatic carbocycles. The molecule has 0 spiro atoms. The Morgan fingerprint density at radius 1 is 1.18 bits per heavy atom. The average molecular weight is 486 g/mol. The largest absolute Gasteiger partial charge is 0.415 e. The Morgan fingerprint density at radius 3 is 2.53 bits per heavy atom. The molecule has 1 fully saturated rings. The number of nitrogens with one attached hydrogen (secondary N) is 1. The number of carbonyl (C=O) groups excluding carboxylic acids is 2. The van der Waals surface area contributed by atoms with Crippen LogP contribution in [0.2, 0.25) is 0 Å². The number of hydrogen-bond acceptors (Lipinski definition) is 5. The van der Waals surface area contributed by atoms with E-state index in [1.165, 1.54) is 6.07 Å². The molecule has 34 heavy (non-hydrogen) atoms. The van der Waals surface area contributed by atoms with Gasteiger partial charge in [-0.3, -0.25) is 9.59 Å². The summed E-state index contributed by atoms with van der Waals surface area (Å²) in [4.78, 5) is 27.3. The molecule has 2 aromatic rings. The van der Waals surface area contributed by atoms with E-state index < -0.39 is 41.9 Å². The second-order valence-electron chi connectivity index (χ2n) is 9.11. The smallest absolute Gasteiger partial charge is 0.402 e. The molecule has 12 heteroatoms. The van der Waals surface area contributed by atoms with Gasteiger partial charge in [0.1, 0.15) is 5.41 Å². The Hall–Kier alpha value is -3.05. The van der Waals surface area contributed by atoms with E-state index in [-0.39, 0.29) is 18.3 Å². The fourth-order valence-corrected chi connectivity index (χ4v) is 4.29. The van der Waals surface area contributed by atoms with E-state index in [4.69, 9.17) is 4.42 Å². The number of amides is 2. The van der Waals surface area contributed by atoms with Gasteiger partial charge in [0.15, 0.2) is 0 Å². The number of fused-ring (bicyclic) bond motifs is 1. The van der Waals surface area contributed by atoms with Gasteiger partial charge < -0.3 is 14.6 Å². The van der Waals surface area contributed by atoms with E-state index in [1.54, 1.807) is 17.0 Å². The SMILES string of the molecule is CC(C)(C(=O)N[C@@H]1CCCCC1N1Cc2ccc(-c3nnc(C(F)F)o3)cc2C1=O)C(F)(F)F. The Bertz CT molecular complexity index is 1100. The molecule has 4 rings (SSSR count). The third-order valence-electron chi connectivity index (χ3n) is 6.54. The quantitative estimate of drug-likeness (QED) is 0.622. The van der Waals surface area contributed by atoms with E-state index in [2.05, 4.69) is 15.5 Å². The first-order valence-corrected chi connectivity index (χ1v) is 10.8. The number of halogens is 5. The summed E-state index contributed by atoms with van der Waals surface area (Å²) in [5, 5.41) is 9.41. The van der Waals surface area contributed by atoms with Crippen LogP contribution >= 0.6 is 0 Å². The minimum absolute atomic E-state index is 0.151. The van der Waals surface area contributed by atoms with Crippen molar-refractivity contribution in [1.29, 1.82) is 0 Å². The van der Waals surface area contributed by atoms with Crippen LogP contribution in [0.25, 0.3) is 11.5 Å². The van der Waals surface area contributed by atoms with Gasteiger partial charge in [-0.15, -0.1) is 10.2 Å². The minimum atomic E-state index is -4.71. The van der Waals surface area contributed by atoms with Crippen LogP contribution in [0.15, 0.2) is 22.6 Å². The summed E-state index contributed by atoms with van der Waals surface area (Å²) in [5.41, 5.74) is -1.27. The van der Waals surface area contributed by atoms with Crippen molar-refractivity contribution in [1.82, 2.24) is 20.4 Å². The van der Waals surface area contributed by atoms with Gasteiger partial charge >= 0.3 is 12.6 Å². The number of alkyl halides is 5. The number of aromatic nitrogens is 2. The van der Waals surface area contributed by atoms with Crippen molar-refractivity contribution in [3.8, 4) is 11.5 Å². The topological polar surface area (TPSA) is 88.3 Å². The number of nitrogens with zero attached hydrogens (tertiary/aromatic N) is 3. The number of hydrogen-bond donors (Lipinski definition) is 1. The lowest BCUT2D eigenvalue weighted by molar-refractivity contribution is -0.212. The van der Waals surface area contributed by atoms with Crippen LogP contribution < -0.4 is 5.32 Å². The molecule has 7 nitrogen and oxygen atoms in total. The molecule has 1 aromatic heterocycles. The standard InChI is InChI=1S/C22H23F5N4O3/c1-21(2,22(25,26)27)20(33)28-14-5-3-4-6-15(14)31-10-12-8-7-11(9-13(12)19(31)32)17-29-30-18(34-17)16(23)24/h7-9,14-16H,3-6,10H2,1-2H3,(H,28,33)/t14-,15?/m1/s1. The van der Waals surface area contributed by atoms with Gasteiger partial charge in [0.25, 0.3) is 11.8 Å². The Morgan fingerprint density at radius 2 is 1.88 bits per heavy atom. The molecule has 1 unspecified atom stereocenters. The first-order valence-electron chi connectivity index (χ1n) is 10.8. The maximum atomic E-state index is 13.3. The average Bonchev–Trinajstić information content (AvgIpc) is 3.39. The van der Waals surface area contributed by atoms with Crippen molar-refractivity contribution in [2.24, 2.45) is 5.41 Å². The zero-order chi connectivity index (χ0) is 24.8. The number of benzene rings is 1. The third kappa shape index (κ3) is 4.25. The van der Waals surface area contributed by atoms with Crippen molar-refractivity contribution in [3.05, 3.63) is 35.2 Å². The van der Waals surface area contributed by atoms with Gasteiger partial charge in [-0.25, -0.2) is 0 Å². The van der Waals surface area contributed by atoms with Crippen molar-refractivity contribution in [3.63, 3.8) is 0 Å². The summed E-state index contributed by atoms with van der Waals surface area (Å²) in [6.07, 6.45) is -5.16. The van der Waals surface area contributed by atoms with Crippen LogP contribution in [0.3, 0.4) is 0 Å². The first-order chi connectivity index (χ1) is 15.9. The summed E-state index contributed by atoms with van der Waals surface area (Å²) in [7, 11) is 0. The second-order valence-corrected chi connectivity index (χ2v) is 9.11. The van der Waals surface area contributed by atoms with E-state index in [9.17, 15) is 31.5 Å². The van der Waals surface area contributed by atoms with E-state index in [0.29, 0.717) is 29.5 Å². The number of carbonyl (C=O) groups is 2. The maximum absolute atomic E-state index is 13.3. The molecule has 1 N–H and O–H groups in total. The lowest BCUT2D eigenvalue weighted by Crippen LogP contribution is -2.57. The summed E-state index contributed by atoms with van der Waals surface area (Å²) in [6, 6.07) is 3.61. The predicted molar refractivity (Wildman–Crippen MR) is 109 cm³/mol. The molecule has 2 heterocycles. The van der Waals surface area contributed by atoms with Crippen LogP contribution in [0, 0.1) is 5.41 Å². The highest BCUT2D eigenvalue weighted by Gasteiger charge is 2.53. The van der Waals surface area contributed by atoms with Crippen LogP contribution in [0.4, 0.5) is 22.0 Å². The molecule has 2 atom stereocenters. The van der Waals surface area contributed by atoms with E-state index in [0.717, 1.165) is 26.7 Å². The van der Waals surface area contributed by atoms with E-state index >= 15 is 0 Å². The second kappa shape index (κ2) is 8.62. The third-order valence-corrected chi connectivity index (χ3v) is 6.54. The van der Waals surface area contributed by atoms with Gasteiger partial charge in [-0.2, -0.15) is 22.0 Å². The molecule has 184 valence electrons. The highest BCUT2D eigenvalue weighted by molar-refractivity contribution is 5.99. The van der Waals surface area contributed by atoms with Crippen LogP contribution in [-0.4, -0.2) is 45.2 Å². The molecule has 0 saturated heterocycles. The van der Waals surface area contributed by atoms with Crippen LogP contribution in [0.5, 0.6) is 0 Å². The molecular weight excluding hydrogens is 463 g/mol. The van der Waals surface area contributed by atoms with E-state index in [1.807, 2.05) is 0 Å². The molecule has 1 aromatic carbocycles. The zero-order valence-electron chi connectivity index (χ0n) is 18.5. The van der Waals surface area contributed by atoms with Gasteiger partial charge in [0.05, 0.1) is 6.04 Å². The summed E-state index contributed by atoms with van der Waals surface area (Å²) < 4.78 is 70.4. The van der Waals surface area contributed by atoms with Crippen LogP contribution in [-0.2, 0) is 11.3 Å². The fraction of sp³-hybridized carbons (Fsp3) is 0.545. The van der Waals surface area contributed by atoms with Gasteiger partial charge in [0, 0.05) is 23.7 Å². The normalized spacial score (nSPS) is 21.2. The Kier molecular flexibility index (Phi) is 6.11. The Labute approximate surface area is 191 Å². The molecule has 1 aliphatic heterocycles. The Balaban J connectivity index is 1.54. The zero-order valence-corrected chi connectivity index (χ0v) is 18.5. The molecule has 1 saturated carbocycles. The fourth-order valence-electron chi connectivity index (χ4n) is 4.29. The molecule has 2 aliphatic rings. The van der Waals surface area contributed by atoms with Crippen molar-refractivity contribution in [2.75, 3.05) is 0 Å². The van der Waals surface area contributed by atoms with Crippen molar-refractivity contribution < 1.29 is 36.0 Å². The summed E-state index contributed by atoms with van der Waals surface area (Å²) in [5.74, 6) is -2.46. The van der Waals surface area contributed by atoms with Gasteiger partial charge in [0.2, 0.25) is 11.8 Å².